The molecular formula is C21H36N2O4. The molecule has 6 heteroatoms. The lowest BCUT2D eigenvalue weighted by Gasteiger charge is -2.37. The van der Waals surface area contributed by atoms with Crippen molar-refractivity contribution in [1.29, 1.82) is 0 Å². The van der Waals surface area contributed by atoms with Gasteiger partial charge in [0.1, 0.15) is 6.04 Å². The van der Waals surface area contributed by atoms with E-state index in [1.807, 2.05) is 0 Å². The lowest BCUT2D eigenvalue weighted by atomic mass is 9.70. The molecule has 0 aromatic carbocycles. The topological polar surface area (TPSA) is 98.7 Å². The van der Waals surface area contributed by atoms with E-state index in [0.717, 1.165) is 38.5 Å². The van der Waals surface area contributed by atoms with Crippen LogP contribution in [0.25, 0.3) is 0 Å². The molecule has 3 aliphatic carbocycles. The van der Waals surface area contributed by atoms with Crippen LogP contribution >= 0.6 is 0 Å². The summed E-state index contributed by atoms with van der Waals surface area (Å²) in [5.41, 5.74) is -0.149. The summed E-state index contributed by atoms with van der Waals surface area (Å²) in [4.78, 5) is 25.0. The average Bonchev–Trinajstić information content (AvgIpc) is 2.94. The quantitative estimate of drug-likeness (QED) is 0.564. The second-order valence-corrected chi connectivity index (χ2v) is 9.74. The van der Waals surface area contributed by atoms with Crippen LogP contribution in [-0.2, 0) is 9.59 Å². The fourth-order valence-corrected chi connectivity index (χ4v) is 6.00. The molecule has 0 aromatic heterocycles. The number of hydrogen-bond acceptors (Lipinski definition) is 4. The summed E-state index contributed by atoms with van der Waals surface area (Å²) in [5.74, 6) is -0.339. The number of aliphatic hydroxyl groups is 2. The third-order valence-electron chi connectivity index (χ3n) is 8.16. The Labute approximate surface area is 162 Å². The van der Waals surface area contributed by atoms with Gasteiger partial charge in [0.25, 0.3) is 0 Å². The molecule has 2 bridgehead atoms. The first-order valence-electron chi connectivity index (χ1n) is 10.6. The highest BCUT2D eigenvalue weighted by Gasteiger charge is 2.65. The van der Waals surface area contributed by atoms with Crippen molar-refractivity contribution in [2.75, 3.05) is 6.61 Å². The number of aliphatic hydroxyl groups excluding tert-OH is 2. The maximum absolute atomic E-state index is 12.6. The lowest BCUT2D eigenvalue weighted by Crippen LogP contribution is -2.52. The molecule has 0 heterocycles. The van der Waals surface area contributed by atoms with E-state index in [2.05, 4.69) is 31.4 Å². The molecular weight excluding hydrogens is 344 g/mol. The molecule has 0 radical (unpaired) electrons. The number of fused-ring (bicyclic) bond motifs is 2. The van der Waals surface area contributed by atoms with Crippen LogP contribution in [0.5, 0.6) is 0 Å². The van der Waals surface area contributed by atoms with Gasteiger partial charge in [-0.05, 0) is 48.3 Å². The molecule has 5 atom stereocenters. The normalized spacial score (nSPS) is 36.4. The Bertz CT molecular complexity index is 573. The molecule has 154 valence electrons. The van der Waals surface area contributed by atoms with Crippen LogP contribution in [0.1, 0.15) is 72.1 Å². The van der Waals surface area contributed by atoms with Crippen LogP contribution < -0.4 is 10.6 Å². The number of amides is 2. The van der Waals surface area contributed by atoms with E-state index in [-0.39, 0.29) is 41.0 Å². The van der Waals surface area contributed by atoms with Crippen molar-refractivity contribution in [3.8, 4) is 0 Å². The summed E-state index contributed by atoms with van der Waals surface area (Å²) >= 11 is 0. The fourth-order valence-electron chi connectivity index (χ4n) is 6.00. The van der Waals surface area contributed by atoms with Gasteiger partial charge in [-0.1, -0.05) is 40.0 Å². The minimum Gasteiger partial charge on any atom is -0.394 e. The summed E-state index contributed by atoms with van der Waals surface area (Å²) in [6.07, 6.45) is 7.07. The largest absolute Gasteiger partial charge is 0.394 e. The van der Waals surface area contributed by atoms with Gasteiger partial charge in [0.05, 0.1) is 12.7 Å². The first-order valence-corrected chi connectivity index (χ1v) is 10.6. The zero-order chi connectivity index (χ0) is 19.8. The van der Waals surface area contributed by atoms with Crippen molar-refractivity contribution in [3.05, 3.63) is 0 Å². The zero-order valence-electron chi connectivity index (χ0n) is 17.0. The SMILES string of the molecule is CC1(C)C2CCC1(C)C(O)C2CC(=O)N[C@@H](CO)C(=O)NC1CCCCC1. The van der Waals surface area contributed by atoms with Crippen LogP contribution in [0.15, 0.2) is 0 Å². The van der Waals surface area contributed by atoms with Gasteiger partial charge in [-0.2, -0.15) is 0 Å². The Morgan fingerprint density at radius 3 is 2.33 bits per heavy atom. The van der Waals surface area contributed by atoms with Gasteiger partial charge in [0.15, 0.2) is 0 Å². The lowest BCUT2D eigenvalue weighted by molar-refractivity contribution is -0.132. The molecule has 2 amide bonds. The maximum Gasteiger partial charge on any atom is 0.245 e. The van der Waals surface area contributed by atoms with Crippen LogP contribution in [0.2, 0.25) is 0 Å². The molecule has 4 N–H and O–H groups in total. The minimum absolute atomic E-state index is 0.00605. The Kier molecular flexibility index (Phi) is 5.88. The average molecular weight is 381 g/mol. The predicted octanol–water partition coefficient (Wildman–Crippen LogP) is 1.74. The Hall–Kier alpha value is -1.14. The number of hydrogen-bond donors (Lipinski definition) is 4. The molecule has 4 unspecified atom stereocenters. The van der Waals surface area contributed by atoms with Gasteiger partial charge in [0.2, 0.25) is 11.8 Å². The van der Waals surface area contributed by atoms with Crippen molar-refractivity contribution < 1.29 is 19.8 Å². The van der Waals surface area contributed by atoms with E-state index >= 15 is 0 Å². The minimum atomic E-state index is -0.918. The van der Waals surface area contributed by atoms with Gasteiger partial charge >= 0.3 is 0 Å². The fraction of sp³-hybridized carbons (Fsp3) is 0.905. The highest BCUT2D eigenvalue weighted by molar-refractivity contribution is 5.88. The predicted molar refractivity (Wildman–Crippen MR) is 103 cm³/mol. The zero-order valence-corrected chi connectivity index (χ0v) is 17.0. The van der Waals surface area contributed by atoms with E-state index in [1.54, 1.807) is 0 Å². The number of carbonyl (C=O) groups excluding carboxylic acids is 2. The first-order chi connectivity index (χ1) is 12.7. The number of carbonyl (C=O) groups is 2. The van der Waals surface area contributed by atoms with Crippen molar-refractivity contribution >= 4 is 11.8 Å². The summed E-state index contributed by atoms with van der Waals surface area (Å²) in [7, 11) is 0. The van der Waals surface area contributed by atoms with Gasteiger partial charge < -0.3 is 20.8 Å². The Balaban J connectivity index is 1.55. The summed E-state index contributed by atoms with van der Waals surface area (Å²) < 4.78 is 0. The molecule has 3 rings (SSSR count). The number of nitrogens with one attached hydrogen (secondary N) is 2. The molecule has 27 heavy (non-hydrogen) atoms. The Morgan fingerprint density at radius 2 is 1.78 bits per heavy atom. The number of rotatable bonds is 6. The highest BCUT2D eigenvalue weighted by Crippen LogP contribution is 2.68. The van der Waals surface area contributed by atoms with Crippen molar-refractivity contribution in [2.45, 2.75) is 90.3 Å². The molecule has 6 nitrogen and oxygen atoms in total. The third-order valence-corrected chi connectivity index (χ3v) is 8.16. The smallest absolute Gasteiger partial charge is 0.245 e. The van der Waals surface area contributed by atoms with Crippen molar-refractivity contribution in [2.24, 2.45) is 22.7 Å². The van der Waals surface area contributed by atoms with Gasteiger partial charge in [0, 0.05) is 12.5 Å². The van der Waals surface area contributed by atoms with Gasteiger partial charge in [-0.15, -0.1) is 0 Å². The third kappa shape index (κ3) is 3.63. The summed E-state index contributed by atoms with van der Waals surface area (Å²) in [6, 6.07) is -0.774. The van der Waals surface area contributed by atoms with Gasteiger partial charge in [-0.25, -0.2) is 0 Å². The van der Waals surface area contributed by atoms with Crippen LogP contribution in [0, 0.1) is 22.7 Å². The second-order valence-electron chi connectivity index (χ2n) is 9.74. The molecule has 0 aromatic rings. The molecule has 3 fully saturated rings. The van der Waals surface area contributed by atoms with Crippen LogP contribution in [0.4, 0.5) is 0 Å². The van der Waals surface area contributed by atoms with Gasteiger partial charge in [-0.3, -0.25) is 9.59 Å². The van der Waals surface area contributed by atoms with E-state index < -0.39 is 18.8 Å². The molecule has 0 aliphatic heterocycles. The monoisotopic (exact) mass is 380 g/mol. The highest BCUT2D eigenvalue weighted by atomic mass is 16.3. The summed E-state index contributed by atoms with van der Waals surface area (Å²) in [5, 5.41) is 26.1. The Morgan fingerprint density at radius 1 is 1.11 bits per heavy atom. The van der Waals surface area contributed by atoms with E-state index in [9.17, 15) is 19.8 Å². The second kappa shape index (κ2) is 7.70. The maximum atomic E-state index is 12.6. The molecule has 0 saturated heterocycles. The molecule has 0 spiro atoms. The van der Waals surface area contributed by atoms with Crippen LogP contribution in [0.3, 0.4) is 0 Å². The standard InChI is InChI=1S/C21H36N2O4/c1-20(2)15-9-10-21(20,3)18(26)14(15)11-17(25)23-16(12-24)19(27)22-13-7-5-4-6-8-13/h13-16,18,24,26H,4-12H2,1-3H3,(H,22,27)(H,23,25)/t14?,15?,16-,18?,21?/m0/s1. The van der Waals surface area contributed by atoms with E-state index in [1.165, 1.54) is 6.42 Å². The van der Waals surface area contributed by atoms with E-state index in [4.69, 9.17) is 0 Å². The molecule has 3 aliphatic rings. The van der Waals surface area contributed by atoms with Crippen molar-refractivity contribution in [1.82, 2.24) is 10.6 Å². The van der Waals surface area contributed by atoms with Crippen LogP contribution in [-0.4, -0.2) is 46.8 Å². The van der Waals surface area contributed by atoms with E-state index in [0.29, 0.717) is 5.92 Å². The first kappa shape index (κ1) is 20.6. The summed E-state index contributed by atoms with van der Waals surface area (Å²) in [6.45, 7) is 6.10. The van der Waals surface area contributed by atoms with Crippen molar-refractivity contribution in [3.63, 3.8) is 0 Å². The molecule has 3 saturated carbocycles.